The largest absolute Gasteiger partial charge is 0.465 e. The van der Waals surface area contributed by atoms with E-state index in [0.29, 0.717) is 6.54 Å². The zero-order chi connectivity index (χ0) is 12.3. The maximum absolute atomic E-state index is 5.83. The third-order valence-corrected chi connectivity index (χ3v) is 2.57. The molecule has 3 nitrogen and oxygen atoms in total. The number of hydrogen-bond donors (Lipinski definition) is 1. The summed E-state index contributed by atoms with van der Waals surface area (Å²) in [4.78, 5) is 2.26. The first-order valence-electron chi connectivity index (χ1n) is 5.80. The molecule has 0 amide bonds. The van der Waals surface area contributed by atoms with Gasteiger partial charge in [0.2, 0.25) is 0 Å². The Morgan fingerprint density at radius 3 is 2.38 bits per heavy atom. The van der Waals surface area contributed by atoms with Crippen LogP contribution in [0.25, 0.3) is 0 Å². The predicted octanol–water partition coefficient (Wildman–Crippen LogP) is 2.57. The van der Waals surface area contributed by atoms with Gasteiger partial charge in [-0.1, -0.05) is 20.8 Å². The summed E-state index contributed by atoms with van der Waals surface area (Å²) in [6.07, 6.45) is 0. The Morgan fingerprint density at radius 1 is 1.38 bits per heavy atom. The lowest BCUT2D eigenvalue weighted by Gasteiger charge is -2.31. The molecule has 0 aromatic carbocycles. The standard InChI is InChI=1S/C13H24N2O/c1-10-6-7-12(16-10)11(8-14)15(5)9-13(2,3)4/h6-7,11H,8-9,14H2,1-5H3. The average molecular weight is 224 g/mol. The number of furan rings is 1. The van der Waals surface area contributed by atoms with E-state index < -0.39 is 0 Å². The van der Waals surface area contributed by atoms with Crippen LogP contribution in [0, 0.1) is 12.3 Å². The van der Waals surface area contributed by atoms with Crippen molar-refractivity contribution < 1.29 is 4.42 Å². The van der Waals surface area contributed by atoms with E-state index in [1.54, 1.807) is 0 Å². The van der Waals surface area contributed by atoms with Gasteiger partial charge in [0.05, 0.1) is 6.04 Å². The van der Waals surface area contributed by atoms with Crippen molar-refractivity contribution in [1.29, 1.82) is 0 Å². The van der Waals surface area contributed by atoms with E-state index in [-0.39, 0.29) is 11.5 Å². The summed E-state index contributed by atoms with van der Waals surface area (Å²) in [6, 6.07) is 4.18. The van der Waals surface area contributed by atoms with Gasteiger partial charge < -0.3 is 10.2 Å². The van der Waals surface area contributed by atoms with Gasteiger partial charge in [-0.3, -0.25) is 4.90 Å². The number of nitrogens with zero attached hydrogens (tertiary/aromatic N) is 1. The highest BCUT2D eigenvalue weighted by Crippen LogP contribution is 2.24. The molecule has 0 saturated heterocycles. The second-order valence-electron chi connectivity index (χ2n) is 5.68. The first-order valence-corrected chi connectivity index (χ1v) is 5.80. The van der Waals surface area contributed by atoms with Gasteiger partial charge in [-0.25, -0.2) is 0 Å². The van der Waals surface area contributed by atoms with Crippen molar-refractivity contribution in [3.63, 3.8) is 0 Å². The molecule has 3 heteroatoms. The quantitative estimate of drug-likeness (QED) is 0.854. The second-order valence-corrected chi connectivity index (χ2v) is 5.68. The Hall–Kier alpha value is -0.800. The fourth-order valence-corrected chi connectivity index (χ4v) is 2.00. The third kappa shape index (κ3) is 3.65. The highest BCUT2D eigenvalue weighted by atomic mass is 16.3. The topological polar surface area (TPSA) is 42.4 Å². The fourth-order valence-electron chi connectivity index (χ4n) is 2.00. The van der Waals surface area contributed by atoms with Crippen LogP contribution in [0.4, 0.5) is 0 Å². The monoisotopic (exact) mass is 224 g/mol. The van der Waals surface area contributed by atoms with E-state index >= 15 is 0 Å². The van der Waals surface area contributed by atoms with Crippen LogP contribution >= 0.6 is 0 Å². The summed E-state index contributed by atoms with van der Waals surface area (Å²) in [6.45, 7) is 10.2. The highest BCUT2D eigenvalue weighted by molar-refractivity contribution is 5.10. The van der Waals surface area contributed by atoms with E-state index in [0.717, 1.165) is 18.1 Å². The van der Waals surface area contributed by atoms with Crippen molar-refractivity contribution in [2.45, 2.75) is 33.7 Å². The van der Waals surface area contributed by atoms with Crippen molar-refractivity contribution in [2.75, 3.05) is 20.1 Å². The molecule has 2 N–H and O–H groups in total. The van der Waals surface area contributed by atoms with Crippen molar-refractivity contribution in [1.82, 2.24) is 4.90 Å². The molecule has 16 heavy (non-hydrogen) atoms. The molecule has 0 radical (unpaired) electrons. The maximum atomic E-state index is 5.83. The van der Waals surface area contributed by atoms with E-state index in [1.165, 1.54) is 0 Å². The summed E-state index contributed by atoms with van der Waals surface area (Å²) < 4.78 is 5.65. The number of rotatable bonds is 4. The van der Waals surface area contributed by atoms with Crippen LogP contribution in [0.5, 0.6) is 0 Å². The van der Waals surface area contributed by atoms with Crippen LogP contribution in [-0.4, -0.2) is 25.0 Å². The zero-order valence-corrected chi connectivity index (χ0v) is 11.1. The number of aryl methyl sites for hydroxylation is 1. The van der Waals surface area contributed by atoms with Crippen molar-refractivity contribution in [3.05, 3.63) is 23.7 Å². The van der Waals surface area contributed by atoms with Gasteiger partial charge in [-0.2, -0.15) is 0 Å². The molecule has 0 aliphatic heterocycles. The average Bonchev–Trinajstić information content (AvgIpc) is 2.49. The molecule has 0 fully saturated rings. The molecule has 1 rings (SSSR count). The maximum Gasteiger partial charge on any atom is 0.122 e. The van der Waals surface area contributed by atoms with Crippen LogP contribution < -0.4 is 5.73 Å². The Labute approximate surface area is 98.6 Å². The van der Waals surface area contributed by atoms with Crippen LogP contribution in [0.2, 0.25) is 0 Å². The van der Waals surface area contributed by atoms with Crippen molar-refractivity contribution >= 4 is 0 Å². The normalized spacial score (nSPS) is 14.4. The minimum Gasteiger partial charge on any atom is -0.465 e. The number of hydrogen-bond acceptors (Lipinski definition) is 3. The predicted molar refractivity (Wildman–Crippen MR) is 67.3 cm³/mol. The molecule has 0 aliphatic carbocycles. The first kappa shape index (κ1) is 13.3. The van der Waals surface area contributed by atoms with Gasteiger partial charge in [0.1, 0.15) is 11.5 Å². The van der Waals surface area contributed by atoms with E-state index in [4.69, 9.17) is 10.2 Å². The minimum absolute atomic E-state index is 0.174. The van der Waals surface area contributed by atoms with Crippen LogP contribution in [0.1, 0.15) is 38.3 Å². The smallest absolute Gasteiger partial charge is 0.122 e. The molecule has 0 spiro atoms. The molecule has 1 unspecified atom stereocenters. The summed E-state index contributed by atoms with van der Waals surface area (Å²) in [5.41, 5.74) is 6.10. The van der Waals surface area contributed by atoms with Gasteiger partial charge in [0.25, 0.3) is 0 Å². The summed E-state index contributed by atoms with van der Waals surface area (Å²) in [5.74, 6) is 1.91. The summed E-state index contributed by atoms with van der Waals surface area (Å²) in [5, 5.41) is 0. The number of nitrogens with two attached hydrogens (primary N) is 1. The molecule has 1 heterocycles. The fraction of sp³-hybridized carbons (Fsp3) is 0.692. The van der Waals surface area contributed by atoms with Gasteiger partial charge in [-0.15, -0.1) is 0 Å². The van der Waals surface area contributed by atoms with Gasteiger partial charge >= 0.3 is 0 Å². The highest BCUT2D eigenvalue weighted by Gasteiger charge is 2.22. The first-order chi connectivity index (χ1) is 7.33. The minimum atomic E-state index is 0.174. The Balaban J connectivity index is 2.74. The lowest BCUT2D eigenvalue weighted by molar-refractivity contribution is 0.158. The van der Waals surface area contributed by atoms with Gasteiger partial charge in [0, 0.05) is 13.1 Å². The van der Waals surface area contributed by atoms with Gasteiger partial charge in [0.15, 0.2) is 0 Å². The Morgan fingerprint density at radius 2 is 2.00 bits per heavy atom. The van der Waals surface area contributed by atoms with Crippen molar-refractivity contribution in [3.8, 4) is 0 Å². The molecule has 1 aromatic heterocycles. The SMILES string of the molecule is Cc1ccc(C(CN)N(C)CC(C)(C)C)o1. The number of likely N-dealkylation sites (N-methyl/N-ethyl adjacent to an activating group) is 1. The van der Waals surface area contributed by atoms with Crippen LogP contribution in [0.3, 0.4) is 0 Å². The molecule has 0 aliphatic rings. The van der Waals surface area contributed by atoms with E-state index in [2.05, 4.69) is 32.7 Å². The molecular weight excluding hydrogens is 200 g/mol. The molecular formula is C13H24N2O. The lowest BCUT2D eigenvalue weighted by Crippen LogP contribution is -2.36. The molecule has 0 bridgehead atoms. The summed E-state index contributed by atoms with van der Waals surface area (Å²) >= 11 is 0. The van der Waals surface area contributed by atoms with Crippen molar-refractivity contribution in [2.24, 2.45) is 11.1 Å². The molecule has 1 atom stereocenters. The van der Waals surface area contributed by atoms with E-state index in [1.807, 2.05) is 19.1 Å². The Kier molecular flexibility index (Phi) is 4.16. The third-order valence-electron chi connectivity index (χ3n) is 2.57. The van der Waals surface area contributed by atoms with Crippen LogP contribution in [-0.2, 0) is 0 Å². The van der Waals surface area contributed by atoms with Crippen LogP contribution in [0.15, 0.2) is 16.5 Å². The zero-order valence-electron chi connectivity index (χ0n) is 11.1. The molecule has 92 valence electrons. The lowest BCUT2D eigenvalue weighted by atomic mass is 9.95. The van der Waals surface area contributed by atoms with Gasteiger partial charge in [-0.05, 0) is 31.5 Å². The molecule has 1 aromatic rings. The summed E-state index contributed by atoms with van der Waals surface area (Å²) in [7, 11) is 2.10. The van der Waals surface area contributed by atoms with E-state index in [9.17, 15) is 0 Å². The molecule has 0 saturated carbocycles. The second kappa shape index (κ2) is 5.02. The Bertz CT molecular complexity index is 325.